The fourth-order valence-electron chi connectivity index (χ4n) is 2.18. The van der Waals surface area contributed by atoms with E-state index in [0.29, 0.717) is 21.8 Å². The summed E-state index contributed by atoms with van der Waals surface area (Å²) in [5, 5.41) is 5.48. The summed E-state index contributed by atoms with van der Waals surface area (Å²) in [7, 11) is 0. The third kappa shape index (κ3) is 6.21. The van der Waals surface area contributed by atoms with Crippen molar-refractivity contribution >= 4 is 40.9 Å². The van der Waals surface area contributed by atoms with Gasteiger partial charge in [-0.3, -0.25) is 19.2 Å². The van der Waals surface area contributed by atoms with Crippen molar-refractivity contribution in [3.8, 4) is 0 Å². The van der Waals surface area contributed by atoms with Gasteiger partial charge in [0.1, 0.15) is 6.54 Å². The first-order valence-corrected chi connectivity index (χ1v) is 8.79. The molecule has 0 bridgehead atoms. The summed E-state index contributed by atoms with van der Waals surface area (Å²) in [6.07, 6.45) is -1.06. The van der Waals surface area contributed by atoms with Crippen LogP contribution in [0.25, 0.3) is 0 Å². The van der Waals surface area contributed by atoms with Crippen LogP contribution in [0.5, 0.6) is 0 Å². The number of carbonyl (C=O) groups excluding carboxylic acids is 4. The molecule has 0 unspecified atom stereocenters. The van der Waals surface area contributed by atoms with Crippen molar-refractivity contribution in [2.75, 3.05) is 11.9 Å². The summed E-state index contributed by atoms with van der Waals surface area (Å²) in [6, 6.07) is 12.5. The average Bonchev–Trinajstić information content (AvgIpc) is 2.67. The molecule has 2 rings (SSSR count). The number of esters is 1. The lowest BCUT2D eigenvalue weighted by Gasteiger charge is -2.14. The van der Waals surface area contributed by atoms with Gasteiger partial charge in [0, 0.05) is 21.8 Å². The highest BCUT2D eigenvalue weighted by molar-refractivity contribution is 6.30. The summed E-state index contributed by atoms with van der Waals surface area (Å²) in [4.78, 5) is 47.1. The van der Waals surface area contributed by atoms with Crippen LogP contribution < -0.4 is 10.6 Å². The summed E-state index contributed by atoms with van der Waals surface area (Å²) in [5.41, 5.74) is 1.33. The molecule has 2 aromatic carbocycles. The van der Waals surface area contributed by atoms with Gasteiger partial charge >= 0.3 is 5.97 Å². The second kappa shape index (κ2) is 9.66. The zero-order chi connectivity index (χ0) is 20.7. The van der Waals surface area contributed by atoms with E-state index in [1.54, 1.807) is 36.4 Å². The number of halogens is 1. The summed E-state index contributed by atoms with van der Waals surface area (Å²) < 4.78 is 5.01. The van der Waals surface area contributed by atoms with E-state index in [2.05, 4.69) is 10.6 Å². The lowest BCUT2D eigenvalue weighted by molar-refractivity contribution is -0.152. The van der Waals surface area contributed by atoms with Crippen molar-refractivity contribution in [2.45, 2.75) is 20.0 Å². The standard InChI is InChI=1S/C20H19ClN2O5/c1-12(24)14-5-9-17(10-6-14)23-19(26)13(2)28-18(25)11-22-20(27)15-3-7-16(21)8-4-15/h3-10,13H,11H2,1-2H3,(H,22,27)(H,23,26)/t13-/m1/s1. The first-order valence-electron chi connectivity index (χ1n) is 8.41. The minimum atomic E-state index is -1.06. The van der Waals surface area contributed by atoms with Crippen LogP contribution in [-0.2, 0) is 14.3 Å². The van der Waals surface area contributed by atoms with Crippen LogP contribution in [0.1, 0.15) is 34.6 Å². The second-order valence-corrected chi connectivity index (χ2v) is 6.38. The lowest BCUT2D eigenvalue weighted by atomic mass is 10.1. The van der Waals surface area contributed by atoms with Gasteiger partial charge in [-0.05, 0) is 62.4 Å². The molecule has 0 saturated heterocycles. The van der Waals surface area contributed by atoms with Crippen LogP contribution in [0.4, 0.5) is 5.69 Å². The first-order chi connectivity index (χ1) is 13.3. The van der Waals surface area contributed by atoms with Gasteiger partial charge in [0.15, 0.2) is 11.9 Å². The Labute approximate surface area is 167 Å². The number of anilines is 1. The molecule has 0 aliphatic heterocycles. The number of Topliss-reactive ketones (excluding diaryl/α,β-unsaturated/α-hetero) is 1. The van der Waals surface area contributed by atoms with E-state index in [0.717, 1.165) is 0 Å². The number of hydrogen-bond donors (Lipinski definition) is 2. The number of carbonyl (C=O) groups is 4. The number of nitrogens with one attached hydrogen (secondary N) is 2. The van der Waals surface area contributed by atoms with E-state index in [9.17, 15) is 19.2 Å². The van der Waals surface area contributed by atoms with Gasteiger partial charge in [0.2, 0.25) is 0 Å². The molecule has 7 nitrogen and oxygen atoms in total. The van der Waals surface area contributed by atoms with Gasteiger partial charge in [-0.1, -0.05) is 11.6 Å². The fourth-order valence-corrected chi connectivity index (χ4v) is 2.31. The van der Waals surface area contributed by atoms with E-state index < -0.39 is 23.9 Å². The Bertz CT molecular complexity index is 878. The SMILES string of the molecule is CC(=O)c1ccc(NC(=O)[C@@H](C)OC(=O)CNC(=O)c2ccc(Cl)cc2)cc1. The van der Waals surface area contributed by atoms with Gasteiger partial charge in [0.25, 0.3) is 11.8 Å². The monoisotopic (exact) mass is 402 g/mol. The van der Waals surface area contributed by atoms with Gasteiger partial charge in [-0.2, -0.15) is 0 Å². The van der Waals surface area contributed by atoms with Crippen LogP contribution in [-0.4, -0.2) is 36.2 Å². The Kier molecular flexibility index (Phi) is 7.28. The van der Waals surface area contributed by atoms with Crippen molar-refractivity contribution < 1.29 is 23.9 Å². The normalized spacial score (nSPS) is 11.2. The van der Waals surface area contributed by atoms with E-state index in [-0.39, 0.29) is 12.3 Å². The molecule has 0 aliphatic carbocycles. The van der Waals surface area contributed by atoms with E-state index in [4.69, 9.17) is 16.3 Å². The largest absolute Gasteiger partial charge is 0.451 e. The molecule has 146 valence electrons. The van der Waals surface area contributed by atoms with Crippen LogP contribution in [0.3, 0.4) is 0 Å². The van der Waals surface area contributed by atoms with E-state index >= 15 is 0 Å². The molecule has 1 atom stereocenters. The number of ether oxygens (including phenoxy) is 1. The highest BCUT2D eigenvalue weighted by Crippen LogP contribution is 2.11. The highest BCUT2D eigenvalue weighted by atomic mass is 35.5. The third-order valence-electron chi connectivity index (χ3n) is 3.74. The third-order valence-corrected chi connectivity index (χ3v) is 3.99. The minimum absolute atomic E-state index is 0.0826. The van der Waals surface area contributed by atoms with E-state index in [1.807, 2.05) is 0 Å². The smallest absolute Gasteiger partial charge is 0.326 e. The van der Waals surface area contributed by atoms with E-state index in [1.165, 1.54) is 26.0 Å². The second-order valence-electron chi connectivity index (χ2n) is 5.94. The predicted molar refractivity (Wildman–Crippen MR) is 104 cm³/mol. The van der Waals surface area contributed by atoms with Crippen LogP contribution >= 0.6 is 11.6 Å². The Morgan fingerprint density at radius 1 is 0.964 bits per heavy atom. The topological polar surface area (TPSA) is 102 Å². The summed E-state index contributed by atoms with van der Waals surface area (Å²) in [5.74, 6) is -1.83. The Morgan fingerprint density at radius 2 is 1.54 bits per heavy atom. The Hall–Kier alpha value is -3.19. The molecule has 0 spiro atoms. The summed E-state index contributed by atoms with van der Waals surface area (Å²) in [6.45, 7) is 2.48. The van der Waals surface area contributed by atoms with Crippen molar-refractivity contribution in [1.29, 1.82) is 0 Å². The molecule has 0 heterocycles. The molecule has 2 aromatic rings. The number of hydrogen-bond acceptors (Lipinski definition) is 5. The molecule has 2 amide bonds. The number of ketones is 1. The van der Waals surface area contributed by atoms with Gasteiger partial charge in [-0.25, -0.2) is 0 Å². The molecule has 0 aliphatic rings. The number of benzene rings is 2. The Balaban J connectivity index is 1.80. The van der Waals surface area contributed by atoms with Gasteiger partial charge in [0.05, 0.1) is 0 Å². The molecule has 0 saturated carbocycles. The maximum Gasteiger partial charge on any atom is 0.326 e. The molecular weight excluding hydrogens is 384 g/mol. The molecule has 0 radical (unpaired) electrons. The molecule has 2 N–H and O–H groups in total. The zero-order valence-electron chi connectivity index (χ0n) is 15.3. The predicted octanol–water partition coefficient (Wildman–Crippen LogP) is 2.84. The Morgan fingerprint density at radius 3 is 2.11 bits per heavy atom. The quantitative estimate of drug-likeness (QED) is 0.547. The van der Waals surface area contributed by atoms with Crippen molar-refractivity contribution in [3.63, 3.8) is 0 Å². The molecule has 28 heavy (non-hydrogen) atoms. The molecular formula is C20H19ClN2O5. The highest BCUT2D eigenvalue weighted by Gasteiger charge is 2.18. The number of amides is 2. The zero-order valence-corrected chi connectivity index (χ0v) is 16.1. The average molecular weight is 403 g/mol. The first kappa shape index (κ1) is 21.1. The van der Waals surface area contributed by atoms with Gasteiger partial charge < -0.3 is 15.4 Å². The molecule has 0 fully saturated rings. The molecule has 8 heteroatoms. The van der Waals surface area contributed by atoms with Crippen LogP contribution in [0.2, 0.25) is 5.02 Å². The molecule has 0 aromatic heterocycles. The van der Waals surface area contributed by atoms with Crippen LogP contribution in [0.15, 0.2) is 48.5 Å². The lowest BCUT2D eigenvalue weighted by Crippen LogP contribution is -2.35. The summed E-state index contributed by atoms with van der Waals surface area (Å²) >= 11 is 5.75. The minimum Gasteiger partial charge on any atom is -0.451 e. The maximum absolute atomic E-state index is 12.1. The number of rotatable bonds is 7. The maximum atomic E-state index is 12.1. The van der Waals surface area contributed by atoms with Crippen molar-refractivity contribution in [1.82, 2.24) is 5.32 Å². The van der Waals surface area contributed by atoms with Gasteiger partial charge in [-0.15, -0.1) is 0 Å². The van der Waals surface area contributed by atoms with Crippen LogP contribution in [0, 0.1) is 0 Å². The van der Waals surface area contributed by atoms with Crippen molar-refractivity contribution in [3.05, 3.63) is 64.7 Å². The van der Waals surface area contributed by atoms with Crippen molar-refractivity contribution in [2.24, 2.45) is 0 Å². The fraction of sp³-hybridized carbons (Fsp3) is 0.200.